The first kappa shape index (κ1) is 14.5. The largest absolute Gasteiger partial charge is 0.497 e. The molecule has 1 unspecified atom stereocenters. The average molecular weight is 278 g/mol. The highest BCUT2D eigenvalue weighted by Crippen LogP contribution is 2.36. The Hall–Kier alpha value is -1.91. The quantitative estimate of drug-likeness (QED) is 0.781. The molecule has 1 atom stereocenters. The molecule has 1 aliphatic carbocycles. The van der Waals surface area contributed by atoms with Gasteiger partial charge in [0.2, 0.25) is 0 Å². The van der Waals surface area contributed by atoms with Gasteiger partial charge in [0.05, 0.1) is 25.5 Å². The van der Waals surface area contributed by atoms with E-state index in [0.29, 0.717) is 35.2 Å². The van der Waals surface area contributed by atoms with E-state index in [9.17, 15) is 4.79 Å². The average Bonchev–Trinajstić information content (AvgIpc) is 3.29. The molecule has 1 aromatic carbocycles. The summed E-state index contributed by atoms with van der Waals surface area (Å²) in [6, 6.07) is 3.30. The number of methoxy groups -OCH3 is 2. The Morgan fingerprint density at radius 3 is 2.65 bits per heavy atom. The van der Waals surface area contributed by atoms with Gasteiger partial charge in [-0.2, -0.15) is 0 Å². The van der Waals surface area contributed by atoms with Gasteiger partial charge >= 0.3 is 0 Å². The summed E-state index contributed by atoms with van der Waals surface area (Å²) < 4.78 is 10.3. The Morgan fingerprint density at radius 2 is 2.10 bits per heavy atom. The standard InChI is InChI=1S/C15H22N2O3/c1-9(10-4-5-10)8-17-15(18)12-6-11(19-2)7-13(20-3)14(12)16/h6-7,9-10H,4-5,8,16H2,1-3H3,(H,17,18). The fraction of sp³-hybridized carbons (Fsp3) is 0.533. The van der Waals surface area contributed by atoms with Crippen LogP contribution >= 0.6 is 0 Å². The molecule has 5 nitrogen and oxygen atoms in total. The number of nitrogens with one attached hydrogen (secondary N) is 1. The smallest absolute Gasteiger partial charge is 0.253 e. The molecule has 0 bridgehead atoms. The second-order valence-electron chi connectivity index (χ2n) is 5.32. The topological polar surface area (TPSA) is 73.6 Å². The molecule has 0 radical (unpaired) electrons. The maximum atomic E-state index is 12.2. The molecule has 0 aliphatic heterocycles. The molecule has 0 spiro atoms. The van der Waals surface area contributed by atoms with Gasteiger partial charge in [0.15, 0.2) is 0 Å². The molecule has 2 rings (SSSR count). The molecule has 20 heavy (non-hydrogen) atoms. The van der Waals surface area contributed by atoms with Crippen LogP contribution in [-0.2, 0) is 0 Å². The Bertz CT molecular complexity index is 498. The summed E-state index contributed by atoms with van der Waals surface area (Å²) in [5, 5.41) is 2.93. The van der Waals surface area contributed by atoms with E-state index < -0.39 is 0 Å². The molecule has 5 heteroatoms. The lowest BCUT2D eigenvalue weighted by Crippen LogP contribution is -2.29. The first-order valence-electron chi connectivity index (χ1n) is 6.86. The Kier molecular flexibility index (Phi) is 4.37. The van der Waals surface area contributed by atoms with E-state index in [1.165, 1.54) is 20.0 Å². The van der Waals surface area contributed by atoms with Gasteiger partial charge in [-0.1, -0.05) is 6.92 Å². The van der Waals surface area contributed by atoms with Crippen molar-refractivity contribution in [3.63, 3.8) is 0 Å². The third kappa shape index (κ3) is 3.15. The number of amides is 1. The number of anilines is 1. The predicted molar refractivity (Wildman–Crippen MR) is 78.2 cm³/mol. The Labute approximate surface area is 119 Å². The van der Waals surface area contributed by atoms with Crippen molar-refractivity contribution in [2.75, 3.05) is 26.5 Å². The summed E-state index contributed by atoms with van der Waals surface area (Å²) in [7, 11) is 3.06. The Morgan fingerprint density at radius 1 is 1.40 bits per heavy atom. The van der Waals surface area contributed by atoms with Crippen LogP contribution in [-0.4, -0.2) is 26.7 Å². The van der Waals surface area contributed by atoms with Gasteiger partial charge in [-0.25, -0.2) is 0 Å². The zero-order valence-electron chi connectivity index (χ0n) is 12.2. The van der Waals surface area contributed by atoms with E-state index >= 15 is 0 Å². The van der Waals surface area contributed by atoms with Crippen LogP contribution in [0.5, 0.6) is 11.5 Å². The molecular weight excluding hydrogens is 256 g/mol. The van der Waals surface area contributed by atoms with Crippen LogP contribution in [0.25, 0.3) is 0 Å². The minimum Gasteiger partial charge on any atom is -0.497 e. The maximum Gasteiger partial charge on any atom is 0.253 e. The number of rotatable bonds is 6. The van der Waals surface area contributed by atoms with Crippen LogP contribution in [0.15, 0.2) is 12.1 Å². The lowest BCUT2D eigenvalue weighted by Gasteiger charge is -2.15. The number of hydrogen-bond donors (Lipinski definition) is 2. The van der Waals surface area contributed by atoms with Crippen molar-refractivity contribution in [2.24, 2.45) is 11.8 Å². The molecule has 110 valence electrons. The summed E-state index contributed by atoms with van der Waals surface area (Å²) >= 11 is 0. The predicted octanol–water partition coefficient (Wildman–Crippen LogP) is 2.06. The normalized spacial score (nSPS) is 15.6. The van der Waals surface area contributed by atoms with Crippen LogP contribution in [0.3, 0.4) is 0 Å². The zero-order chi connectivity index (χ0) is 14.7. The van der Waals surface area contributed by atoms with Crippen molar-refractivity contribution >= 4 is 11.6 Å². The minimum atomic E-state index is -0.188. The molecule has 0 saturated heterocycles. The second kappa shape index (κ2) is 6.03. The van der Waals surface area contributed by atoms with E-state index in [4.69, 9.17) is 15.2 Å². The highest BCUT2D eigenvalue weighted by Gasteiger charge is 2.28. The van der Waals surface area contributed by atoms with Gasteiger partial charge in [0, 0.05) is 12.6 Å². The summed E-state index contributed by atoms with van der Waals surface area (Å²) in [5.41, 5.74) is 6.69. The van der Waals surface area contributed by atoms with Gasteiger partial charge in [0.25, 0.3) is 5.91 Å². The number of carbonyl (C=O) groups is 1. The SMILES string of the molecule is COc1cc(OC)c(N)c(C(=O)NCC(C)C2CC2)c1. The highest BCUT2D eigenvalue weighted by molar-refractivity contribution is 6.00. The van der Waals surface area contributed by atoms with Gasteiger partial charge in [-0.05, 0) is 30.7 Å². The summed E-state index contributed by atoms with van der Waals surface area (Å²) in [6.07, 6.45) is 2.54. The lowest BCUT2D eigenvalue weighted by atomic mass is 10.1. The maximum absolute atomic E-state index is 12.2. The number of nitrogen functional groups attached to an aromatic ring is 1. The molecule has 1 amide bonds. The van der Waals surface area contributed by atoms with Crippen molar-refractivity contribution in [2.45, 2.75) is 19.8 Å². The fourth-order valence-electron chi connectivity index (χ4n) is 2.26. The molecule has 0 aromatic heterocycles. The van der Waals surface area contributed by atoms with Gasteiger partial charge in [-0.15, -0.1) is 0 Å². The summed E-state index contributed by atoms with van der Waals surface area (Å²) in [5.74, 6) is 2.08. The van der Waals surface area contributed by atoms with Crippen LogP contribution < -0.4 is 20.5 Å². The number of nitrogens with two attached hydrogens (primary N) is 1. The fourth-order valence-corrected chi connectivity index (χ4v) is 2.26. The molecule has 1 fully saturated rings. The van der Waals surface area contributed by atoms with Crippen molar-refractivity contribution in [3.05, 3.63) is 17.7 Å². The number of carbonyl (C=O) groups excluding carboxylic acids is 1. The monoisotopic (exact) mass is 278 g/mol. The van der Waals surface area contributed by atoms with E-state index in [1.807, 2.05) is 0 Å². The third-order valence-corrected chi connectivity index (χ3v) is 3.83. The first-order chi connectivity index (χ1) is 9.56. The summed E-state index contributed by atoms with van der Waals surface area (Å²) in [6.45, 7) is 2.83. The minimum absolute atomic E-state index is 0.188. The number of benzene rings is 1. The highest BCUT2D eigenvalue weighted by atomic mass is 16.5. The molecule has 1 aliphatic rings. The van der Waals surface area contributed by atoms with E-state index in [1.54, 1.807) is 19.2 Å². The zero-order valence-corrected chi connectivity index (χ0v) is 12.2. The second-order valence-corrected chi connectivity index (χ2v) is 5.32. The van der Waals surface area contributed by atoms with Crippen LogP contribution in [0.1, 0.15) is 30.1 Å². The first-order valence-corrected chi connectivity index (χ1v) is 6.86. The molecule has 3 N–H and O–H groups in total. The molecule has 1 aromatic rings. The van der Waals surface area contributed by atoms with Crippen LogP contribution in [0.4, 0.5) is 5.69 Å². The number of ether oxygens (including phenoxy) is 2. The van der Waals surface area contributed by atoms with Gasteiger partial charge in [-0.3, -0.25) is 4.79 Å². The van der Waals surface area contributed by atoms with E-state index in [-0.39, 0.29) is 5.91 Å². The lowest BCUT2D eigenvalue weighted by molar-refractivity contribution is 0.0947. The van der Waals surface area contributed by atoms with Crippen LogP contribution in [0, 0.1) is 11.8 Å². The third-order valence-electron chi connectivity index (χ3n) is 3.83. The van der Waals surface area contributed by atoms with Crippen molar-refractivity contribution in [3.8, 4) is 11.5 Å². The van der Waals surface area contributed by atoms with Crippen molar-refractivity contribution in [1.29, 1.82) is 0 Å². The molecule has 1 saturated carbocycles. The van der Waals surface area contributed by atoms with Gasteiger partial charge in [0.1, 0.15) is 11.5 Å². The molecular formula is C15H22N2O3. The van der Waals surface area contributed by atoms with Crippen LogP contribution in [0.2, 0.25) is 0 Å². The van der Waals surface area contributed by atoms with E-state index in [2.05, 4.69) is 12.2 Å². The van der Waals surface area contributed by atoms with E-state index in [0.717, 1.165) is 5.92 Å². The van der Waals surface area contributed by atoms with Gasteiger partial charge < -0.3 is 20.5 Å². The van der Waals surface area contributed by atoms with Crippen molar-refractivity contribution in [1.82, 2.24) is 5.32 Å². The molecule has 0 heterocycles. The van der Waals surface area contributed by atoms with Crippen molar-refractivity contribution < 1.29 is 14.3 Å². The Balaban J connectivity index is 2.11. The summed E-state index contributed by atoms with van der Waals surface area (Å²) in [4.78, 5) is 12.2. The number of hydrogen-bond acceptors (Lipinski definition) is 4.